The summed E-state index contributed by atoms with van der Waals surface area (Å²) in [4.78, 5) is 25.0. The van der Waals surface area contributed by atoms with Crippen LogP contribution in [0.4, 0.5) is 4.39 Å². The first kappa shape index (κ1) is 23.8. The van der Waals surface area contributed by atoms with E-state index in [2.05, 4.69) is 15.3 Å². The maximum Gasteiger partial charge on any atom is 0.230 e. The molecular weight excluding hydrogens is 459 g/mol. The van der Waals surface area contributed by atoms with E-state index in [1.54, 1.807) is 24.5 Å². The minimum Gasteiger partial charge on any atom is -0.355 e. The number of carbonyl (C=O) groups is 1. The number of nitrogens with one attached hydrogen (secondary N) is 2. The monoisotopic (exact) mass is 486 g/mol. The lowest BCUT2D eigenvalue weighted by Gasteiger charge is -2.35. The number of H-pyrrole nitrogens is 1. The molecular formula is C28H27FN4O3. The van der Waals surface area contributed by atoms with Gasteiger partial charge in [-0.1, -0.05) is 30.3 Å². The Morgan fingerprint density at radius 3 is 2.42 bits per heavy atom. The fraction of sp³-hybridized carbons (Fsp3) is 0.250. The second kappa shape index (κ2) is 10.4. The average Bonchev–Trinajstić information content (AvgIpc) is 3.36. The van der Waals surface area contributed by atoms with Crippen molar-refractivity contribution in [3.63, 3.8) is 0 Å². The Labute approximate surface area is 208 Å². The summed E-state index contributed by atoms with van der Waals surface area (Å²) >= 11 is 0. The van der Waals surface area contributed by atoms with Crippen molar-refractivity contribution in [3.8, 4) is 22.5 Å². The van der Waals surface area contributed by atoms with Crippen LogP contribution >= 0.6 is 0 Å². The van der Waals surface area contributed by atoms with Crippen LogP contribution in [0.15, 0.2) is 79.1 Å². The number of nitrogens with zero attached hydrogens (tertiary/aromatic N) is 2. The number of hydrogen-bond acceptors (Lipinski definition) is 5. The molecule has 1 aliphatic heterocycles. The van der Waals surface area contributed by atoms with Crippen LogP contribution in [0.3, 0.4) is 0 Å². The molecule has 1 amide bonds. The van der Waals surface area contributed by atoms with Gasteiger partial charge in [0.25, 0.3) is 0 Å². The summed E-state index contributed by atoms with van der Waals surface area (Å²) in [5.41, 5.74) is 3.38. The van der Waals surface area contributed by atoms with Gasteiger partial charge in [-0.2, -0.15) is 0 Å². The second-order valence-corrected chi connectivity index (χ2v) is 9.09. The first-order chi connectivity index (χ1) is 17.5. The summed E-state index contributed by atoms with van der Waals surface area (Å²) in [7, 11) is 0. The highest BCUT2D eigenvalue weighted by molar-refractivity contribution is 5.82. The number of amides is 1. The number of ether oxygens (including phenoxy) is 2. The molecule has 0 unspecified atom stereocenters. The lowest BCUT2D eigenvalue weighted by atomic mass is 9.91. The molecule has 3 heterocycles. The van der Waals surface area contributed by atoms with Crippen molar-refractivity contribution < 1.29 is 18.7 Å². The molecule has 1 saturated heterocycles. The van der Waals surface area contributed by atoms with Crippen LogP contribution in [0.1, 0.15) is 24.6 Å². The zero-order chi connectivity index (χ0) is 25.0. The lowest BCUT2D eigenvalue weighted by Crippen LogP contribution is -2.49. The Kier molecular flexibility index (Phi) is 6.88. The van der Waals surface area contributed by atoms with E-state index in [0.29, 0.717) is 18.1 Å². The smallest absolute Gasteiger partial charge is 0.230 e. The Morgan fingerprint density at radius 2 is 1.72 bits per heavy atom. The van der Waals surface area contributed by atoms with Gasteiger partial charge in [0.15, 0.2) is 5.82 Å². The molecule has 0 bridgehead atoms. The summed E-state index contributed by atoms with van der Waals surface area (Å²) < 4.78 is 25.5. The van der Waals surface area contributed by atoms with Crippen LogP contribution in [-0.2, 0) is 20.7 Å². The number of hydrogen-bond donors (Lipinski definition) is 2. The Hall–Kier alpha value is -3.88. The predicted molar refractivity (Wildman–Crippen MR) is 133 cm³/mol. The third kappa shape index (κ3) is 5.19. The summed E-state index contributed by atoms with van der Waals surface area (Å²) in [6.45, 7) is 2.74. The van der Waals surface area contributed by atoms with Gasteiger partial charge in [0, 0.05) is 30.1 Å². The third-order valence-corrected chi connectivity index (χ3v) is 6.23. The van der Waals surface area contributed by atoms with E-state index in [1.165, 1.54) is 17.7 Å². The number of halogens is 1. The van der Waals surface area contributed by atoms with Gasteiger partial charge in [0.2, 0.25) is 12.2 Å². The number of rotatable bonds is 7. The van der Waals surface area contributed by atoms with E-state index in [4.69, 9.17) is 14.5 Å². The zero-order valence-electron chi connectivity index (χ0n) is 19.9. The van der Waals surface area contributed by atoms with Crippen LogP contribution in [0, 0.1) is 11.2 Å². The molecule has 36 heavy (non-hydrogen) atoms. The maximum atomic E-state index is 13.5. The molecule has 7 nitrogen and oxygen atoms in total. The van der Waals surface area contributed by atoms with E-state index in [9.17, 15) is 9.18 Å². The minimum absolute atomic E-state index is 0.110. The van der Waals surface area contributed by atoms with Crippen molar-refractivity contribution in [3.05, 3.63) is 96.3 Å². The van der Waals surface area contributed by atoms with Crippen molar-refractivity contribution in [2.45, 2.75) is 19.6 Å². The fourth-order valence-corrected chi connectivity index (χ4v) is 4.12. The van der Waals surface area contributed by atoms with Crippen molar-refractivity contribution in [2.24, 2.45) is 5.41 Å². The Bertz CT molecular complexity index is 1300. The van der Waals surface area contributed by atoms with Gasteiger partial charge in [0.05, 0.1) is 30.0 Å². The molecule has 1 aliphatic rings. The SMILES string of the molecule is CC1(C(=O)NCCc2ccccc2)COC(c2nc(-c3ccc(F)cc3)c(-c3ccncc3)[nH]2)OC1. The number of imidazole rings is 1. The van der Waals surface area contributed by atoms with Gasteiger partial charge in [-0.15, -0.1) is 0 Å². The summed E-state index contributed by atoms with van der Waals surface area (Å²) in [5.74, 6) is 0.0497. The number of benzene rings is 2. The maximum absolute atomic E-state index is 13.5. The highest BCUT2D eigenvalue weighted by Gasteiger charge is 2.40. The first-order valence-electron chi connectivity index (χ1n) is 11.8. The van der Waals surface area contributed by atoms with E-state index < -0.39 is 11.7 Å². The molecule has 8 heteroatoms. The molecule has 2 N–H and O–H groups in total. The second-order valence-electron chi connectivity index (χ2n) is 9.09. The normalized spacial score (nSPS) is 19.7. The Balaban J connectivity index is 1.28. The highest BCUT2D eigenvalue weighted by Crippen LogP contribution is 2.35. The quantitative estimate of drug-likeness (QED) is 0.396. The number of carbonyl (C=O) groups excluding carboxylic acids is 1. The van der Waals surface area contributed by atoms with Crippen LogP contribution < -0.4 is 5.32 Å². The van der Waals surface area contributed by atoms with Crippen LogP contribution in [0.5, 0.6) is 0 Å². The van der Waals surface area contributed by atoms with Gasteiger partial charge in [-0.3, -0.25) is 9.78 Å². The van der Waals surface area contributed by atoms with Crippen molar-refractivity contribution in [1.82, 2.24) is 20.3 Å². The summed E-state index contributed by atoms with van der Waals surface area (Å²) in [5, 5.41) is 3.00. The lowest BCUT2D eigenvalue weighted by molar-refractivity contribution is -0.231. The fourth-order valence-electron chi connectivity index (χ4n) is 4.12. The molecule has 184 valence electrons. The van der Waals surface area contributed by atoms with Gasteiger partial charge >= 0.3 is 0 Å². The molecule has 0 radical (unpaired) electrons. The molecule has 0 spiro atoms. The number of pyridine rings is 1. The van der Waals surface area contributed by atoms with E-state index >= 15 is 0 Å². The summed E-state index contributed by atoms with van der Waals surface area (Å²) in [6, 6.07) is 19.9. The molecule has 5 rings (SSSR count). The average molecular weight is 487 g/mol. The van der Waals surface area contributed by atoms with Crippen molar-refractivity contribution >= 4 is 5.91 Å². The van der Waals surface area contributed by atoms with Crippen LogP contribution in [0.2, 0.25) is 0 Å². The summed E-state index contributed by atoms with van der Waals surface area (Å²) in [6.07, 6.45) is 3.38. The molecule has 0 aliphatic carbocycles. The minimum atomic E-state index is -0.812. The van der Waals surface area contributed by atoms with E-state index in [1.807, 2.05) is 49.4 Å². The topological polar surface area (TPSA) is 89.1 Å². The van der Waals surface area contributed by atoms with Gasteiger partial charge in [-0.25, -0.2) is 9.37 Å². The Morgan fingerprint density at radius 1 is 1.03 bits per heavy atom. The van der Waals surface area contributed by atoms with Crippen LogP contribution in [0.25, 0.3) is 22.5 Å². The predicted octanol–water partition coefficient (Wildman–Crippen LogP) is 4.69. The molecule has 0 saturated carbocycles. The van der Waals surface area contributed by atoms with Gasteiger partial charge in [0.1, 0.15) is 5.82 Å². The number of aromatic amines is 1. The standard InChI is InChI=1S/C28H27FN4O3/c1-28(27(34)31-16-11-19-5-3-2-4-6-19)17-35-26(36-18-28)25-32-23(20-7-9-22(29)10-8-20)24(33-25)21-12-14-30-15-13-21/h2-10,12-15,26H,11,16-18H2,1H3,(H,31,34)(H,32,33). The first-order valence-corrected chi connectivity index (χ1v) is 11.8. The molecule has 2 aromatic carbocycles. The largest absolute Gasteiger partial charge is 0.355 e. The molecule has 1 fully saturated rings. The highest BCUT2D eigenvalue weighted by atomic mass is 19.1. The van der Waals surface area contributed by atoms with Gasteiger partial charge < -0.3 is 19.8 Å². The van der Waals surface area contributed by atoms with E-state index in [-0.39, 0.29) is 24.9 Å². The van der Waals surface area contributed by atoms with E-state index in [0.717, 1.165) is 23.2 Å². The third-order valence-electron chi connectivity index (χ3n) is 6.23. The molecule has 2 aromatic heterocycles. The van der Waals surface area contributed by atoms with Crippen molar-refractivity contribution in [1.29, 1.82) is 0 Å². The molecule has 0 atom stereocenters. The van der Waals surface area contributed by atoms with Crippen molar-refractivity contribution in [2.75, 3.05) is 19.8 Å². The number of aromatic nitrogens is 3. The van der Waals surface area contributed by atoms with Crippen LogP contribution in [-0.4, -0.2) is 40.6 Å². The van der Waals surface area contributed by atoms with Gasteiger partial charge in [-0.05, 0) is 55.3 Å². The molecule has 4 aromatic rings. The zero-order valence-corrected chi connectivity index (χ0v) is 19.9.